The van der Waals surface area contributed by atoms with Crippen molar-refractivity contribution in [3.05, 3.63) is 20.9 Å². The Kier molecular flexibility index (Phi) is 3.36. The largest absolute Gasteiger partial charge is 0.418 e. The van der Waals surface area contributed by atoms with Crippen molar-refractivity contribution in [3.63, 3.8) is 0 Å². The molecule has 0 saturated heterocycles. The van der Waals surface area contributed by atoms with E-state index in [-0.39, 0.29) is 9.39 Å². The van der Waals surface area contributed by atoms with Gasteiger partial charge in [0.05, 0.1) is 9.13 Å². The number of nitrogens with zero attached hydrogens (tertiary/aromatic N) is 1. The van der Waals surface area contributed by atoms with Crippen LogP contribution in [-0.2, 0) is 6.18 Å². The first kappa shape index (κ1) is 12.4. The van der Waals surface area contributed by atoms with Crippen LogP contribution < -0.4 is 5.73 Å². The van der Waals surface area contributed by atoms with Gasteiger partial charge in [-0.15, -0.1) is 0 Å². The Labute approximate surface area is 94.8 Å². The third kappa shape index (κ3) is 2.67. The minimum atomic E-state index is -4.85. The van der Waals surface area contributed by atoms with Crippen molar-refractivity contribution < 1.29 is 22.0 Å². The fraction of sp³-hybridized carbons (Fsp3) is 0.286. The van der Waals surface area contributed by atoms with E-state index in [0.29, 0.717) is 6.07 Å². The van der Waals surface area contributed by atoms with Crippen molar-refractivity contribution >= 4 is 28.4 Å². The number of aromatic nitrogens is 1. The molecule has 2 nitrogen and oxygen atoms in total. The predicted molar refractivity (Wildman–Crippen MR) is 51.3 cm³/mol. The predicted octanol–water partition coefficient (Wildman–Crippen LogP) is 3.22. The average molecular weight is 338 g/mol. The van der Waals surface area contributed by atoms with Crippen molar-refractivity contribution in [1.29, 1.82) is 0 Å². The molecule has 15 heavy (non-hydrogen) atoms. The van der Waals surface area contributed by atoms with Crippen LogP contribution in [0.4, 0.5) is 27.8 Å². The Morgan fingerprint density at radius 3 is 2.27 bits per heavy atom. The number of nitrogen functional groups attached to an aromatic ring is 1. The summed E-state index contributed by atoms with van der Waals surface area (Å²) in [4.78, 5) is 3.04. The molecule has 0 aliphatic heterocycles. The molecular weight excluding hydrogens is 334 g/mol. The fourth-order valence-corrected chi connectivity index (χ4v) is 1.34. The Hall–Kier alpha value is -0.670. The fourth-order valence-electron chi connectivity index (χ4n) is 0.911. The van der Waals surface area contributed by atoms with Gasteiger partial charge in [-0.05, 0) is 28.7 Å². The summed E-state index contributed by atoms with van der Waals surface area (Å²) >= 11 is 1.50. The monoisotopic (exact) mass is 338 g/mol. The van der Waals surface area contributed by atoms with Crippen molar-refractivity contribution in [3.8, 4) is 0 Å². The molecule has 0 unspecified atom stereocenters. The van der Waals surface area contributed by atoms with Gasteiger partial charge >= 0.3 is 6.18 Å². The molecule has 0 saturated carbocycles. The van der Waals surface area contributed by atoms with Crippen LogP contribution in [0.2, 0.25) is 0 Å². The zero-order valence-corrected chi connectivity index (χ0v) is 9.10. The van der Waals surface area contributed by atoms with Gasteiger partial charge in [0.2, 0.25) is 0 Å². The first-order valence-corrected chi connectivity index (χ1v) is 4.62. The summed E-state index contributed by atoms with van der Waals surface area (Å²) in [5.74, 6) is -0.334. The van der Waals surface area contributed by atoms with Crippen LogP contribution in [-0.4, -0.2) is 4.98 Å². The van der Waals surface area contributed by atoms with E-state index >= 15 is 0 Å². The third-order valence-electron chi connectivity index (χ3n) is 1.54. The summed E-state index contributed by atoms with van der Waals surface area (Å²) < 4.78 is 61.4. The van der Waals surface area contributed by atoms with Gasteiger partial charge in [0.25, 0.3) is 6.43 Å². The van der Waals surface area contributed by atoms with E-state index in [1.165, 1.54) is 22.6 Å². The van der Waals surface area contributed by atoms with Gasteiger partial charge in [-0.2, -0.15) is 13.2 Å². The number of pyridine rings is 1. The van der Waals surface area contributed by atoms with Crippen LogP contribution >= 0.6 is 22.6 Å². The van der Waals surface area contributed by atoms with Crippen LogP contribution in [0, 0.1) is 3.57 Å². The molecule has 0 radical (unpaired) electrons. The van der Waals surface area contributed by atoms with Crippen molar-refractivity contribution in [2.45, 2.75) is 12.6 Å². The van der Waals surface area contributed by atoms with Crippen molar-refractivity contribution in [1.82, 2.24) is 4.98 Å². The molecule has 0 atom stereocenters. The van der Waals surface area contributed by atoms with Gasteiger partial charge in [0, 0.05) is 0 Å². The summed E-state index contributed by atoms with van der Waals surface area (Å²) in [6.07, 6.45) is -8.16. The van der Waals surface area contributed by atoms with Gasteiger partial charge in [0.15, 0.2) is 0 Å². The van der Waals surface area contributed by atoms with Crippen LogP contribution in [0.15, 0.2) is 6.07 Å². The lowest BCUT2D eigenvalue weighted by Crippen LogP contribution is -2.13. The normalized spacial score (nSPS) is 12.2. The molecular formula is C7H4F5IN2. The third-order valence-corrected chi connectivity index (χ3v) is 2.41. The highest BCUT2D eigenvalue weighted by atomic mass is 127. The molecule has 0 aliphatic rings. The second kappa shape index (κ2) is 4.06. The van der Waals surface area contributed by atoms with Crippen LogP contribution in [0.5, 0.6) is 0 Å². The van der Waals surface area contributed by atoms with Crippen LogP contribution in [0.25, 0.3) is 0 Å². The summed E-state index contributed by atoms with van der Waals surface area (Å²) in [6, 6.07) is 0.560. The number of rotatable bonds is 1. The highest BCUT2D eigenvalue weighted by molar-refractivity contribution is 14.1. The molecule has 0 fully saturated rings. The molecule has 1 rings (SSSR count). The minimum absolute atomic E-state index is 0.00988. The van der Waals surface area contributed by atoms with Crippen molar-refractivity contribution in [2.24, 2.45) is 0 Å². The highest BCUT2D eigenvalue weighted by Crippen LogP contribution is 2.37. The molecule has 1 aromatic heterocycles. The maximum Gasteiger partial charge on any atom is 0.418 e. The standard InChI is InChI=1S/C7H4F5IN2/c8-5(9)4-2(7(10,11)12)1-3(13)6(14)15-4/h1,5H,(H2,14,15). The van der Waals surface area contributed by atoms with E-state index < -0.39 is 23.9 Å². The molecule has 0 amide bonds. The first-order chi connectivity index (χ1) is 6.73. The van der Waals surface area contributed by atoms with E-state index in [1.807, 2.05) is 0 Å². The number of hydrogen-bond donors (Lipinski definition) is 1. The lowest BCUT2D eigenvalue weighted by atomic mass is 10.2. The van der Waals surface area contributed by atoms with Crippen molar-refractivity contribution in [2.75, 3.05) is 5.73 Å². The van der Waals surface area contributed by atoms with Crippen LogP contribution in [0.3, 0.4) is 0 Å². The molecule has 2 N–H and O–H groups in total. The average Bonchev–Trinajstić information content (AvgIpc) is 2.06. The Morgan fingerprint density at radius 1 is 1.33 bits per heavy atom. The van der Waals surface area contributed by atoms with Gasteiger partial charge in [-0.1, -0.05) is 0 Å². The molecule has 8 heteroatoms. The maximum atomic E-state index is 12.3. The van der Waals surface area contributed by atoms with E-state index in [2.05, 4.69) is 4.98 Å². The summed E-state index contributed by atoms with van der Waals surface area (Å²) in [6.45, 7) is 0. The number of nitrogens with two attached hydrogens (primary N) is 1. The molecule has 1 heterocycles. The van der Waals surface area contributed by atoms with Gasteiger partial charge < -0.3 is 5.73 Å². The van der Waals surface area contributed by atoms with E-state index in [4.69, 9.17) is 5.73 Å². The van der Waals surface area contributed by atoms with Crippen LogP contribution in [0.1, 0.15) is 17.7 Å². The summed E-state index contributed by atoms with van der Waals surface area (Å²) in [5.41, 5.74) is 2.37. The Bertz CT molecular complexity index is 376. The number of anilines is 1. The number of hydrogen-bond acceptors (Lipinski definition) is 2. The SMILES string of the molecule is Nc1nc(C(F)F)c(C(F)(F)F)cc1I. The molecule has 84 valence electrons. The minimum Gasteiger partial charge on any atom is -0.383 e. The molecule has 0 bridgehead atoms. The second-order valence-corrected chi connectivity index (χ2v) is 3.75. The Morgan fingerprint density at radius 2 is 1.87 bits per heavy atom. The Balaban J connectivity index is 3.42. The number of alkyl halides is 5. The quantitative estimate of drug-likeness (QED) is 0.631. The molecule has 1 aromatic rings. The van der Waals surface area contributed by atoms with Gasteiger partial charge in [-0.3, -0.25) is 0 Å². The van der Waals surface area contributed by atoms with Gasteiger partial charge in [-0.25, -0.2) is 13.8 Å². The zero-order valence-electron chi connectivity index (χ0n) is 6.95. The first-order valence-electron chi connectivity index (χ1n) is 3.54. The van der Waals surface area contributed by atoms with E-state index in [9.17, 15) is 22.0 Å². The van der Waals surface area contributed by atoms with E-state index in [1.54, 1.807) is 0 Å². The summed E-state index contributed by atoms with van der Waals surface area (Å²) in [7, 11) is 0. The topological polar surface area (TPSA) is 38.9 Å². The highest BCUT2D eigenvalue weighted by Gasteiger charge is 2.37. The molecule has 0 aromatic carbocycles. The van der Waals surface area contributed by atoms with Gasteiger partial charge in [0.1, 0.15) is 11.5 Å². The summed E-state index contributed by atoms with van der Waals surface area (Å²) in [5, 5.41) is 0. The second-order valence-electron chi connectivity index (χ2n) is 2.59. The van der Waals surface area contributed by atoms with E-state index in [0.717, 1.165) is 0 Å². The zero-order chi connectivity index (χ0) is 11.8. The lowest BCUT2D eigenvalue weighted by molar-refractivity contribution is -0.139. The molecule has 0 aliphatic carbocycles. The maximum absolute atomic E-state index is 12.3. The lowest BCUT2D eigenvalue weighted by Gasteiger charge is -2.12. The molecule has 0 spiro atoms. The smallest absolute Gasteiger partial charge is 0.383 e. The number of halogens is 6.